The van der Waals surface area contributed by atoms with Gasteiger partial charge in [-0.15, -0.1) is 0 Å². The van der Waals surface area contributed by atoms with Crippen LogP contribution in [0.3, 0.4) is 0 Å². The molecule has 1 rings (SSSR count). The lowest BCUT2D eigenvalue weighted by atomic mass is 10.1. The Morgan fingerprint density at radius 1 is 1.65 bits per heavy atom. The molecule has 0 fully saturated rings. The monoisotopic (exact) mass is 257 g/mol. The van der Waals surface area contributed by atoms with Crippen molar-refractivity contribution in [1.29, 1.82) is 0 Å². The van der Waals surface area contributed by atoms with E-state index in [4.69, 9.17) is 12.2 Å². The van der Waals surface area contributed by atoms with Gasteiger partial charge in [-0.25, -0.2) is 0 Å². The van der Waals surface area contributed by atoms with Crippen molar-refractivity contribution in [2.24, 2.45) is 0 Å². The van der Waals surface area contributed by atoms with E-state index in [1.54, 1.807) is 17.7 Å². The summed E-state index contributed by atoms with van der Waals surface area (Å²) in [6, 6.07) is -0.449. The summed E-state index contributed by atoms with van der Waals surface area (Å²) in [6.45, 7) is 7.35. The molecule has 5 nitrogen and oxygen atoms in total. The van der Waals surface area contributed by atoms with Gasteiger partial charge in [-0.05, 0) is 39.9 Å². The Kier molecular flexibility index (Phi) is 4.11. The number of H-pyrrole nitrogens is 1. The number of rotatable bonds is 3. The number of imidazole rings is 1. The first-order valence-electron chi connectivity index (χ1n) is 5.48. The maximum Gasteiger partial charge on any atom is 0.243 e. The predicted molar refractivity (Wildman–Crippen MR) is 68.1 cm³/mol. The molecule has 0 saturated heterocycles. The van der Waals surface area contributed by atoms with E-state index in [-0.39, 0.29) is 18.1 Å². The Bertz CT molecular complexity index is 456. The summed E-state index contributed by atoms with van der Waals surface area (Å²) in [4.78, 5) is 14.8. The van der Waals surface area contributed by atoms with Crippen LogP contribution in [0.2, 0.25) is 0 Å². The Hall–Kier alpha value is -1.14. The van der Waals surface area contributed by atoms with Crippen molar-refractivity contribution in [1.82, 2.24) is 14.9 Å². The molecule has 1 unspecified atom stereocenters. The molecule has 0 spiro atoms. The number of aliphatic hydroxyl groups is 1. The van der Waals surface area contributed by atoms with Gasteiger partial charge >= 0.3 is 0 Å². The van der Waals surface area contributed by atoms with Crippen molar-refractivity contribution < 1.29 is 9.90 Å². The van der Waals surface area contributed by atoms with Crippen LogP contribution in [-0.4, -0.2) is 26.1 Å². The minimum Gasteiger partial charge on any atom is -0.390 e. The summed E-state index contributed by atoms with van der Waals surface area (Å²) >= 11 is 5.09. The molecule has 3 N–H and O–H groups in total. The first-order chi connectivity index (χ1) is 7.76. The molecule has 0 bridgehead atoms. The van der Waals surface area contributed by atoms with Crippen molar-refractivity contribution in [3.63, 3.8) is 0 Å². The molecule has 0 aliphatic heterocycles. The van der Waals surface area contributed by atoms with Gasteiger partial charge in [-0.1, -0.05) is 0 Å². The van der Waals surface area contributed by atoms with Gasteiger partial charge in [0.15, 0.2) is 4.77 Å². The Balaban J connectivity index is 2.96. The van der Waals surface area contributed by atoms with Crippen molar-refractivity contribution in [3.05, 3.63) is 16.7 Å². The molecular weight excluding hydrogens is 238 g/mol. The first kappa shape index (κ1) is 13.9. The molecule has 1 aromatic heterocycles. The van der Waals surface area contributed by atoms with Gasteiger partial charge in [0.05, 0.1) is 12.3 Å². The minimum absolute atomic E-state index is 0.122. The maximum absolute atomic E-state index is 12.0. The molecule has 0 aliphatic carbocycles. The number of nitrogens with zero attached hydrogens (tertiary/aromatic N) is 1. The van der Waals surface area contributed by atoms with Gasteiger partial charge in [-0.3, -0.25) is 4.79 Å². The molecule has 6 heteroatoms. The lowest BCUT2D eigenvalue weighted by molar-refractivity contribution is -0.125. The van der Waals surface area contributed by atoms with Crippen LogP contribution in [0.4, 0.5) is 0 Å². The highest BCUT2D eigenvalue weighted by Gasteiger charge is 2.22. The van der Waals surface area contributed by atoms with Crippen LogP contribution >= 0.6 is 12.2 Å². The number of aromatic amines is 1. The summed E-state index contributed by atoms with van der Waals surface area (Å²) in [5.74, 6) is -0.122. The predicted octanol–water partition coefficient (Wildman–Crippen LogP) is 1.51. The van der Waals surface area contributed by atoms with Crippen LogP contribution in [0.15, 0.2) is 6.20 Å². The number of hydrogen-bond acceptors (Lipinski definition) is 3. The fraction of sp³-hybridized carbons (Fsp3) is 0.636. The highest BCUT2D eigenvalue weighted by molar-refractivity contribution is 7.71. The molecule has 1 atom stereocenters. The third-order valence-electron chi connectivity index (χ3n) is 2.32. The van der Waals surface area contributed by atoms with Gasteiger partial charge < -0.3 is 20.0 Å². The summed E-state index contributed by atoms with van der Waals surface area (Å²) in [7, 11) is 0. The van der Waals surface area contributed by atoms with E-state index in [9.17, 15) is 9.90 Å². The van der Waals surface area contributed by atoms with E-state index in [2.05, 4.69) is 10.3 Å². The molecule has 17 heavy (non-hydrogen) atoms. The van der Waals surface area contributed by atoms with E-state index < -0.39 is 6.04 Å². The lowest BCUT2D eigenvalue weighted by Crippen LogP contribution is -2.44. The minimum atomic E-state index is -0.449. The average molecular weight is 257 g/mol. The quantitative estimate of drug-likeness (QED) is 0.719. The number of carbonyl (C=O) groups excluding carboxylic acids is 1. The van der Waals surface area contributed by atoms with Gasteiger partial charge in [-0.2, -0.15) is 0 Å². The molecular formula is C11H19N3O2S. The van der Waals surface area contributed by atoms with Crippen LogP contribution in [-0.2, 0) is 11.4 Å². The number of hydrogen-bond donors (Lipinski definition) is 3. The fourth-order valence-corrected chi connectivity index (χ4v) is 1.89. The zero-order valence-electron chi connectivity index (χ0n) is 10.6. The van der Waals surface area contributed by atoms with Crippen LogP contribution in [0.5, 0.6) is 0 Å². The smallest absolute Gasteiger partial charge is 0.243 e. The summed E-state index contributed by atoms with van der Waals surface area (Å²) in [5.41, 5.74) is 0.315. The zero-order chi connectivity index (χ0) is 13.2. The number of aliphatic hydroxyl groups excluding tert-OH is 1. The van der Waals surface area contributed by atoms with Crippen molar-refractivity contribution in [2.45, 2.75) is 45.9 Å². The first-order valence-corrected chi connectivity index (χ1v) is 5.89. The second kappa shape index (κ2) is 5.01. The molecule has 1 heterocycles. The summed E-state index contributed by atoms with van der Waals surface area (Å²) in [6.07, 6.45) is 1.61. The van der Waals surface area contributed by atoms with Crippen molar-refractivity contribution >= 4 is 18.1 Å². The van der Waals surface area contributed by atoms with Crippen LogP contribution in [0, 0.1) is 4.77 Å². The molecule has 1 amide bonds. The third kappa shape index (κ3) is 3.41. The second-order valence-electron chi connectivity index (χ2n) is 5.03. The van der Waals surface area contributed by atoms with E-state index in [1.807, 2.05) is 20.8 Å². The molecule has 1 aromatic rings. The molecule has 0 radical (unpaired) electrons. The van der Waals surface area contributed by atoms with Crippen LogP contribution in [0.1, 0.15) is 39.4 Å². The normalized spacial score (nSPS) is 13.5. The van der Waals surface area contributed by atoms with Gasteiger partial charge in [0.2, 0.25) is 5.91 Å². The molecule has 96 valence electrons. The molecule has 0 saturated carbocycles. The second-order valence-corrected chi connectivity index (χ2v) is 5.42. The zero-order valence-corrected chi connectivity index (χ0v) is 11.4. The van der Waals surface area contributed by atoms with E-state index in [1.165, 1.54) is 0 Å². The largest absolute Gasteiger partial charge is 0.390 e. The van der Waals surface area contributed by atoms with E-state index >= 15 is 0 Å². The number of nitrogens with one attached hydrogen (secondary N) is 2. The highest BCUT2D eigenvalue weighted by atomic mass is 32.1. The van der Waals surface area contributed by atoms with Gasteiger partial charge in [0, 0.05) is 11.7 Å². The summed E-state index contributed by atoms with van der Waals surface area (Å²) in [5, 5.41) is 12.1. The maximum atomic E-state index is 12.0. The molecule has 0 aromatic carbocycles. The number of carbonyl (C=O) groups is 1. The average Bonchev–Trinajstić information content (AvgIpc) is 2.55. The van der Waals surface area contributed by atoms with E-state index in [0.717, 1.165) is 0 Å². The standard InChI is InChI=1S/C11H19N3O2S/c1-7(9(16)13-11(2,3)4)14-8(6-15)5-12-10(14)17/h5,7,15H,6H2,1-4H3,(H,12,17)(H,13,16). The number of amides is 1. The van der Waals surface area contributed by atoms with E-state index in [0.29, 0.717) is 10.5 Å². The SMILES string of the molecule is CC(C(=O)NC(C)(C)C)n1c(CO)c[nH]c1=S. The highest BCUT2D eigenvalue weighted by Crippen LogP contribution is 2.13. The Morgan fingerprint density at radius 2 is 2.24 bits per heavy atom. The van der Waals surface area contributed by atoms with Crippen molar-refractivity contribution in [2.75, 3.05) is 0 Å². The van der Waals surface area contributed by atoms with Gasteiger partial charge in [0.25, 0.3) is 0 Å². The van der Waals surface area contributed by atoms with Gasteiger partial charge in [0.1, 0.15) is 6.04 Å². The Morgan fingerprint density at radius 3 is 2.71 bits per heavy atom. The Labute approximate surface area is 106 Å². The lowest BCUT2D eigenvalue weighted by Gasteiger charge is -2.24. The topological polar surface area (TPSA) is 70.1 Å². The number of aromatic nitrogens is 2. The summed E-state index contributed by atoms with van der Waals surface area (Å²) < 4.78 is 2.06. The third-order valence-corrected chi connectivity index (χ3v) is 2.63. The van der Waals surface area contributed by atoms with Crippen LogP contribution < -0.4 is 5.32 Å². The molecule has 0 aliphatic rings. The van der Waals surface area contributed by atoms with Crippen molar-refractivity contribution in [3.8, 4) is 0 Å². The van der Waals surface area contributed by atoms with Crippen LogP contribution in [0.25, 0.3) is 0 Å². The fourth-order valence-electron chi connectivity index (χ4n) is 1.55.